The molecule has 25 heavy (non-hydrogen) atoms. The molecule has 1 aliphatic rings. The highest BCUT2D eigenvalue weighted by Gasteiger charge is 2.28. The van der Waals surface area contributed by atoms with Gasteiger partial charge in [0.15, 0.2) is 0 Å². The smallest absolute Gasteiger partial charge is 0.251 e. The maximum atomic E-state index is 12.8. The van der Waals surface area contributed by atoms with Crippen LogP contribution in [0.3, 0.4) is 0 Å². The van der Waals surface area contributed by atoms with Gasteiger partial charge in [0, 0.05) is 36.1 Å². The van der Waals surface area contributed by atoms with Crippen molar-refractivity contribution in [1.82, 2.24) is 9.62 Å². The first-order valence-corrected chi connectivity index (χ1v) is 10.5. The summed E-state index contributed by atoms with van der Waals surface area (Å²) in [5, 5.41) is 2.84. The zero-order valence-corrected chi connectivity index (χ0v) is 17.0. The maximum Gasteiger partial charge on any atom is 0.251 e. The van der Waals surface area contributed by atoms with Gasteiger partial charge < -0.3 is 15.0 Å². The van der Waals surface area contributed by atoms with Crippen molar-refractivity contribution in [1.29, 1.82) is 0 Å². The molecule has 0 radical (unpaired) electrons. The Morgan fingerprint density at radius 1 is 1.32 bits per heavy atom. The van der Waals surface area contributed by atoms with Gasteiger partial charge in [0.25, 0.3) is 5.91 Å². The SMILES string of the molecule is C[NH+](C)CCCNC(=O)c1ccc(Br)c(S(=O)(=O)N2CCOCC2)c1. The number of nitrogens with one attached hydrogen (secondary N) is 2. The Kier molecular flexibility index (Phi) is 7.38. The lowest BCUT2D eigenvalue weighted by Gasteiger charge is -2.26. The quantitative estimate of drug-likeness (QED) is 0.579. The molecule has 0 atom stereocenters. The van der Waals surface area contributed by atoms with Crippen LogP contribution in [-0.4, -0.2) is 72.1 Å². The van der Waals surface area contributed by atoms with Crippen molar-refractivity contribution in [2.45, 2.75) is 11.3 Å². The van der Waals surface area contributed by atoms with E-state index in [1.807, 2.05) is 0 Å². The third-order valence-electron chi connectivity index (χ3n) is 3.92. The normalized spacial score (nSPS) is 16.2. The average Bonchev–Trinajstić information content (AvgIpc) is 2.59. The number of rotatable bonds is 7. The number of sulfonamides is 1. The molecule has 2 N–H and O–H groups in total. The molecular weight excluding hydrogens is 410 g/mol. The third-order valence-corrected chi connectivity index (χ3v) is 6.81. The number of hydrogen-bond donors (Lipinski definition) is 2. The van der Waals surface area contributed by atoms with E-state index in [1.54, 1.807) is 12.1 Å². The lowest BCUT2D eigenvalue weighted by Crippen LogP contribution is -3.05. The Balaban J connectivity index is 2.12. The second kappa shape index (κ2) is 9.09. The van der Waals surface area contributed by atoms with E-state index in [0.29, 0.717) is 42.9 Å². The summed E-state index contributed by atoms with van der Waals surface area (Å²) in [5.41, 5.74) is 0.340. The van der Waals surface area contributed by atoms with Crippen LogP contribution in [0, 0.1) is 0 Å². The van der Waals surface area contributed by atoms with Gasteiger partial charge in [-0.3, -0.25) is 4.79 Å². The molecule has 1 fully saturated rings. The highest BCUT2D eigenvalue weighted by atomic mass is 79.9. The molecule has 9 heteroatoms. The van der Waals surface area contributed by atoms with E-state index in [0.717, 1.165) is 13.0 Å². The molecule has 140 valence electrons. The van der Waals surface area contributed by atoms with Crippen LogP contribution in [0.4, 0.5) is 0 Å². The number of ether oxygens (including phenoxy) is 1. The number of morpholine rings is 1. The van der Waals surface area contributed by atoms with Crippen LogP contribution in [-0.2, 0) is 14.8 Å². The molecule has 1 heterocycles. The first-order valence-electron chi connectivity index (χ1n) is 8.27. The van der Waals surface area contributed by atoms with Crippen LogP contribution in [0.5, 0.6) is 0 Å². The minimum absolute atomic E-state index is 0.111. The van der Waals surface area contributed by atoms with Crippen molar-refractivity contribution in [3.05, 3.63) is 28.2 Å². The second-order valence-corrected chi connectivity index (χ2v) is 8.99. The summed E-state index contributed by atoms with van der Waals surface area (Å²) in [6, 6.07) is 4.66. The fourth-order valence-corrected chi connectivity index (χ4v) is 4.87. The summed E-state index contributed by atoms with van der Waals surface area (Å²) >= 11 is 3.29. The summed E-state index contributed by atoms with van der Waals surface area (Å²) < 4.78 is 32.7. The Labute approximate surface area is 157 Å². The number of amides is 1. The zero-order valence-electron chi connectivity index (χ0n) is 14.5. The fourth-order valence-electron chi connectivity index (χ4n) is 2.51. The lowest BCUT2D eigenvalue weighted by atomic mass is 10.2. The van der Waals surface area contributed by atoms with Gasteiger partial charge >= 0.3 is 0 Å². The van der Waals surface area contributed by atoms with E-state index in [2.05, 4.69) is 35.3 Å². The minimum atomic E-state index is -3.66. The topological polar surface area (TPSA) is 80.2 Å². The van der Waals surface area contributed by atoms with E-state index in [9.17, 15) is 13.2 Å². The molecule has 0 aliphatic carbocycles. The molecule has 1 aromatic rings. The number of nitrogens with zero attached hydrogens (tertiary/aromatic N) is 1. The van der Waals surface area contributed by atoms with Crippen molar-refractivity contribution in [2.75, 3.05) is 53.5 Å². The molecule has 0 saturated carbocycles. The van der Waals surface area contributed by atoms with E-state index < -0.39 is 10.0 Å². The minimum Gasteiger partial charge on any atom is -0.379 e. The van der Waals surface area contributed by atoms with Crippen LogP contribution in [0.25, 0.3) is 0 Å². The van der Waals surface area contributed by atoms with Crippen LogP contribution < -0.4 is 10.2 Å². The largest absolute Gasteiger partial charge is 0.379 e. The van der Waals surface area contributed by atoms with Gasteiger partial charge in [-0.25, -0.2) is 8.42 Å². The van der Waals surface area contributed by atoms with E-state index >= 15 is 0 Å². The van der Waals surface area contributed by atoms with Gasteiger partial charge in [0.05, 0.1) is 38.7 Å². The molecule has 1 amide bonds. The van der Waals surface area contributed by atoms with Crippen molar-refractivity contribution in [3.63, 3.8) is 0 Å². The molecule has 0 unspecified atom stereocenters. The summed E-state index contributed by atoms with van der Waals surface area (Å²) in [4.78, 5) is 13.7. The van der Waals surface area contributed by atoms with Gasteiger partial charge in [-0.2, -0.15) is 4.31 Å². The van der Waals surface area contributed by atoms with Crippen molar-refractivity contribution in [2.24, 2.45) is 0 Å². The molecule has 7 nitrogen and oxygen atoms in total. The van der Waals surface area contributed by atoms with Crippen LogP contribution in [0.15, 0.2) is 27.6 Å². The number of carbonyl (C=O) groups excluding carboxylic acids is 1. The van der Waals surface area contributed by atoms with Crippen molar-refractivity contribution >= 4 is 31.9 Å². The van der Waals surface area contributed by atoms with Crippen LogP contribution in [0.1, 0.15) is 16.8 Å². The summed E-state index contributed by atoms with van der Waals surface area (Å²) in [6.07, 6.45) is 0.865. The molecular formula is C16H25BrN3O4S+. The molecule has 1 aromatic carbocycles. The predicted octanol–water partition coefficient (Wildman–Crippen LogP) is -0.266. The second-order valence-electron chi connectivity index (χ2n) is 6.23. The standard InChI is InChI=1S/C16H24BrN3O4S/c1-19(2)7-3-6-18-16(21)13-4-5-14(17)15(12-13)25(22,23)20-8-10-24-11-9-20/h4-5,12H,3,6-11H2,1-2H3,(H,18,21)/p+1. The highest BCUT2D eigenvalue weighted by molar-refractivity contribution is 9.10. The number of halogens is 1. The average molecular weight is 435 g/mol. The zero-order chi connectivity index (χ0) is 18.4. The molecule has 0 spiro atoms. The summed E-state index contributed by atoms with van der Waals surface area (Å²) in [5.74, 6) is -0.264. The fraction of sp³-hybridized carbons (Fsp3) is 0.562. The number of quaternary nitrogens is 1. The van der Waals surface area contributed by atoms with Gasteiger partial charge in [0.2, 0.25) is 10.0 Å². The van der Waals surface area contributed by atoms with Crippen LogP contribution in [0.2, 0.25) is 0 Å². The molecule has 1 saturated heterocycles. The van der Waals surface area contributed by atoms with Gasteiger partial charge in [-0.1, -0.05) is 0 Å². The summed E-state index contributed by atoms with van der Waals surface area (Å²) in [7, 11) is 0.448. The van der Waals surface area contributed by atoms with Gasteiger partial charge in [-0.05, 0) is 34.1 Å². The molecule has 0 aromatic heterocycles. The molecule has 2 rings (SSSR count). The highest BCUT2D eigenvalue weighted by Crippen LogP contribution is 2.26. The molecule has 0 bridgehead atoms. The van der Waals surface area contributed by atoms with E-state index in [4.69, 9.17) is 4.74 Å². The number of hydrogen-bond acceptors (Lipinski definition) is 4. The number of carbonyl (C=O) groups is 1. The Hall–Kier alpha value is -1.00. The Morgan fingerprint density at radius 2 is 2.00 bits per heavy atom. The first-order chi connectivity index (χ1) is 11.8. The summed E-state index contributed by atoms with van der Waals surface area (Å²) in [6.45, 7) is 2.91. The van der Waals surface area contributed by atoms with Gasteiger partial charge in [-0.15, -0.1) is 0 Å². The Morgan fingerprint density at radius 3 is 2.64 bits per heavy atom. The predicted molar refractivity (Wildman–Crippen MR) is 98.3 cm³/mol. The van der Waals surface area contributed by atoms with E-state index in [-0.39, 0.29) is 10.8 Å². The van der Waals surface area contributed by atoms with Gasteiger partial charge in [0.1, 0.15) is 0 Å². The van der Waals surface area contributed by atoms with Crippen molar-refractivity contribution in [3.8, 4) is 0 Å². The monoisotopic (exact) mass is 434 g/mol. The maximum absolute atomic E-state index is 12.8. The van der Waals surface area contributed by atoms with Crippen molar-refractivity contribution < 1.29 is 22.8 Å². The lowest BCUT2D eigenvalue weighted by molar-refractivity contribution is -0.858. The number of benzene rings is 1. The molecule has 1 aliphatic heterocycles. The van der Waals surface area contributed by atoms with Crippen LogP contribution >= 0.6 is 15.9 Å². The third kappa shape index (κ3) is 5.49. The Bertz CT molecular complexity index is 703. The van der Waals surface area contributed by atoms with E-state index in [1.165, 1.54) is 15.3 Å². The first kappa shape index (κ1) is 20.3.